The molecule has 3 aliphatic carbocycles. The van der Waals surface area contributed by atoms with E-state index in [1.165, 1.54) is 108 Å². The minimum Gasteiger partial charge on any atom is -0.201 e. The quantitative estimate of drug-likeness (QED) is 0.270. The zero-order valence-electron chi connectivity index (χ0n) is 21.6. The summed E-state index contributed by atoms with van der Waals surface area (Å²) in [6, 6.07) is 14.1. The lowest BCUT2D eigenvalue weighted by Gasteiger charge is -2.43. The van der Waals surface area contributed by atoms with Gasteiger partial charge in [0.05, 0.1) is 5.56 Å². The fraction of sp³-hybridized carbons (Fsp3) is 0.485. The van der Waals surface area contributed by atoms with Crippen LogP contribution in [0.3, 0.4) is 0 Å². The Morgan fingerprint density at radius 3 is 2.26 bits per heavy atom. The van der Waals surface area contributed by atoms with E-state index < -0.39 is 0 Å². The van der Waals surface area contributed by atoms with Crippen molar-refractivity contribution in [2.24, 2.45) is 12.5 Å². The first-order valence-corrected chi connectivity index (χ1v) is 13.7. The van der Waals surface area contributed by atoms with Crippen LogP contribution < -0.4 is 4.57 Å². The van der Waals surface area contributed by atoms with Crippen LogP contribution in [-0.2, 0) is 13.5 Å². The van der Waals surface area contributed by atoms with Crippen LogP contribution in [0.5, 0.6) is 0 Å². The van der Waals surface area contributed by atoms with Crippen LogP contribution in [0.4, 0.5) is 0 Å². The van der Waals surface area contributed by atoms with E-state index in [0.29, 0.717) is 5.41 Å². The summed E-state index contributed by atoms with van der Waals surface area (Å²) in [7, 11) is 2.25. The predicted molar refractivity (Wildman–Crippen MR) is 142 cm³/mol. The van der Waals surface area contributed by atoms with Crippen molar-refractivity contribution in [1.82, 2.24) is 0 Å². The van der Waals surface area contributed by atoms with Crippen LogP contribution in [0.25, 0.3) is 22.4 Å². The lowest BCUT2D eigenvalue weighted by molar-refractivity contribution is -0.660. The van der Waals surface area contributed by atoms with Gasteiger partial charge in [0.15, 0.2) is 6.20 Å². The maximum absolute atomic E-state index is 2.58. The number of hydrogen-bond acceptors (Lipinski definition) is 0. The number of fused-ring (bicyclic) bond motifs is 3. The second-order valence-electron chi connectivity index (χ2n) is 11.8. The van der Waals surface area contributed by atoms with Gasteiger partial charge >= 0.3 is 0 Å². The fourth-order valence-corrected chi connectivity index (χ4v) is 7.75. The summed E-state index contributed by atoms with van der Waals surface area (Å²) >= 11 is 0. The van der Waals surface area contributed by atoms with Crippen molar-refractivity contribution in [1.29, 1.82) is 0 Å². The first-order valence-electron chi connectivity index (χ1n) is 13.7. The number of nitrogens with zero attached hydrogens (tertiary/aromatic N) is 1. The minimum atomic E-state index is 0.686. The van der Waals surface area contributed by atoms with Crippen LogP contribution in [-0.4, -0.2) is 0 Å². The standard InChI is InChI=1S/C33H40N/c1-22-9-8-10-26-27-12-11-23(2)32(30(27)19-29(22)26)31-20-28(24(3)21-34(31)4)25-13-17-33(18-14-25)15-6-5-7-16-33/h8-12,20-21,25H,5-7,13-19H2,1-4H3/q+1. The molecule has 6 rings (SSSR count). The Kier molecular flexibility index (Phi) is 5.43. The highest BCUT2D eigenvalue weighted by Gasteiger charge is 2.37. The normalized spacial score (nSPS) is 19.3. The van der Waals surface area contributed by atoms with E-state index >= 15 is 0 Å². The zero-order chi connectivity index (χ0) is 23.4. The zero-order valence-corrected chi connectivity index (χ0v) is 21.6. The molecular weight excluding hydrogens is 410 g/mol. The van der Waals surface area contributed by atoms with Gasteiger partial charge in [0, 0.05) is 11.6 Å². The summed E-state index contributed by atoms with van der Waals surface area (Å²) in [5.74, 6) is 0.726. The summed E-state index contributed by atoms with van der Waals surface area (Å²) < 4.78 is 2.39. The highest BCUT2D eigenvalue weighted by atomic mass is 14.9. The molecule has 0 amide bonds. The smallest absolute Gasteiger partial charge is 0.201 e. The lowest BCUT2D eigenvalue weighted by atomic mass is 9.62. The Morgan fingerprint density at radius 1 is 0.765 bits per heavy atom. The third-order valence-electron chi connectivity index (χ3n) is 9.75. The van der Waals surface area contributed by atoms with Crippen LogP contribution in [0, 0.1) is 26.2 Å². The van der Waals surface area contributed by atoms with Crippen molar-refractivity contribution < 1.29 is 4.57 Å². The van der Waals surface area contributed by atoms with Crippen molar-refractivity contribution in [2.45, 2.75) is 90.9 Å². The maximum atomic E-state index is 2.58. The van der Waals surface area contributed by atoms with Gasteiger partial charge in [-0.2, -0.15) is 0 Å². The number of rotatable bonds is 2. The van der Waals surface area contributed by atoms with E-state index in [1.807, 2.05) is 0 Å². The van der Waals surface area contributed by atoms with Gasteiger partial charge in [0.2, 0.25) is 5.69 Å². The molecule has 3 aromatic rings. The van der Waals surface area contributed by atoms with Gasteiger partial charge in [-0.15, -0.1) is 0 Å². The Hall–Kier alpha value is -2.41. The fourth-order valence-electron chi connectivity index (χ4n) is 7.75. The highest BCUT2D eigenvalue weighted by molar-refractivity contribution is 5.85. The first-order chi connectivity index (χ1) is 16.5. The molecule has 0 radical (unpaired) electrons. The molecular formula is C33H40N+. The summed E-state index contributed by atoms with van der Waals surface area (Å²) in [5.41, 5.74) is 15.4. The molecule has 2 aromatic carbocycles. The lowest BCUT2D eigenvalue weighted by Crippen LogP contribution is -2.33. The van der Waals surface area contributed by atoms with Crippen molar-refractivity contribution in [3.05, 3.63) is 76.0 Å². The number of hydrogen-bond donors (Lipinski definition) is 0. The van der Waals surface area contributed by atoms with Crippen molar-refractivity contribution >= 4 is 0 Å². The molecule has 1 heteroatoms. The Bertz CT molecular complexity index is 1250. The average Bonchev–Trinajstić information content (AvgIpc) is 3.21. The van der Waals surface area contributed by atoms with Crippen molar-refractivity contribution in [2.75, 3.05) is 0 Å². The average molecular weight is 451 g/mol. The second kappa shape index (κ2) is 8.36. The van der Waals surface area contributed by atoms with Gasteiger partial charge in [0.1, 0.15) is 7.05 Å². The number of pyridine rings is 1. The van der Waals surface area contributed by atoms with Crippen LogP contribution in [0.15, 0.2) is 42.6 Å². The molecule has 176 valence electrons. The SMILES string of the molecule is Cc1c[n+](C)c(-c2c(C)ccc3c2Cc2c(C)cccc2-3)cc1C1CCC2(CCCCC2)CC1. The van der Waals surface area contributed by atoms with E-state index in [-0.39, 0.29) is 0 Å². The van der Waals surface area contributed by atoms with Crippen molar-refractivity contribution in [3.8, 4) is 22.4 Å². The van der Waals surface area contributed by atoms with Crippen LogP contribution >= 0.6 is 0 Å². The van der Waals surface area contributed by atoms with Gasteiger partial charge in [-0.05, 0) is 116 Å². The molecule has 34 heavy (non-hydrogen) atoms. The molecule has 0 atom stereocenters. The van der Waals surface area contributed by atoms with E-state index in [4.69, 9.17) is 0 Å². The Balaban J connectivity index is 1.39. The van der Waals surface area contributed by atoms with Crippen LogP contribution in [0.1, 0.15) is 97.1 Å². The molecule has 0 saturated heterocycles. The topological polar surface area (TPSA) is 3.88 Å². The maximum Gasteiger partial charge on any atom is 0.213 e. The predicted octanol–water partition coefficient (Wildman–Crippen LogP) is 8.28. The molecule has 2 saturated carbocycles. The molecule has 1 spiro atoms. The number of benzene rings is 2. The largest absolute Gasteiger partial charge is 0.213 e. The third-order valence-corrected chi connectivity index (χ3v) is 9.75. The second-order valence-corrected chi connectivity index (χ2v) is 11.8. The third kappa shape index (κ3) is 3.55. The summed E-state index contributed by atoms with van der Waals surface area (Å²) in [4.78, 5) is 0. The molecule has 3 aliphatic rings. The molecule has 0 unspecified atom stereocenters. The van der Waals surface area contributed by atoms with Gasteiger partial charge < -0.3 is 0 Å². The number of aromatic nitrogens is 1. The van der Waals surface area contributed by atoms with Gasteiger partial charge in [-0.25, -0.2) is 4.57 Å². The molecule has 0 bridgehead atoms. The molecule has 0 N–H and O–H groups in total. The summed E-state index contributed by atoms with van der Waals surface area (Å²) in [6.07, 6.45) is 16.5. The molecule has 1 nitrogen and oxygen atoms in total. The molecule has 1 heterocycles. The molecule has 0 aliphatic heterocycles. The van der Waals surface area contributed by atoms with E-state index in [2.05, 4.69) is 75.0 Å². The van der Waals surface area contributed by atoms with E-state index in [0.717, 1.165) is 12.3 Å². The van der Waals surface area contributed by atoms with Gasteiger partial charge in [-0.1, -0.05) is 49.6 Å². The Morgan fingerprint density at radius 2 is 1.50 bits per heavy atom. The monoisotopic (exact) mass is 450 g/mol. The van der Waals surface area contributed by atoms with Gasteiger partial charge in [-0.3, -0.25) is 0 Å². The van der Waals surface area contributed by atoms with E-state index in [9.17, 15) is 0 Å². The first kappa shape index (κ1) is 22.1. The molecule has 2 fully saturated rings. The minimum absolute atomic E-state index is 0.686. The summed E-state index contributed by atoms with van der Waals surface area (Å²) in [6.45, 7) is 6.91. The molecule has 1 aromatic heterocycles. The van der Waals surface area contributed by atoms with Gasteiger partial charge in [0.25, 0.3) is 0 Å². The van der Waals surface area contributed by atoms with Crippen LogP contribution in [0.2, 0.25) is 0 Å². The Labute approximate surface area is 206 Å². The van der Waals surface area contributed by atoms with Crippen molar-refractivity contribution in [3.63, 3.8) is 0 Å². The highest BCUT2D eigenvalue weighted by Crippen LogP contribution is 2.51. The van der Waals surface area contributed by atoms with E-state index in [1.54, 1.807) is 5.56 Å². The number of aryl methyl sites for hydroxylation is 4. The summed E-state index contributed by atoms with van der Waals surface area (Å²) in [5, 5.41) is 0.